The molecule has 0 bridgehead atoms. The number of aromatic nitrogens is 1. The molecule has 2 aromatic rings. The molecular weight excluding hydrogens is 451 g/mol. The van der Waals surface area contributed by atoms with Crippen LogP contribution in [0.3, 0.4) is 0 Å². The normalized spacial score (nSPS) is 11.5. The third-order valence-corrected chi connectivity index (χ3v) is 4.66. The SMILES string of the molecule is C=Cc1c(/C=C\C)c2c(I)cc(I)cc2[n]1[Al]. The van der Waals surface area contributed by atoms with E-state index in [1.54, 1.807) is 0 Å². The second kappa shape index (κ2) is 5.47. The van der Waals surface area contributed by atoms with Gasteiger partial charge in [-0.1, -0.05) is 18.7 Å². The molecule has 1 heterocycles. The molecule has 84 valence electrons. The number of nitrogens with zero attached hydrogens (tertiary/aromatic N) is 1. The molecule has 0 saturated heterocycles. The minimum Gasteiger partial charge on any atom is -0.452 e. The van der Waals surface area contributed by atoms with Crippen molar-refractivity contribution in [2.45, 2.75) is 6.92 Å². The lowest BCUT2D eigenvalue weighted by Crippen LogP contribution is -1.94. The van der Waals surface area contributed by atoms with Crippen LogP contribution in [0.25, 0.3) is 23.1 Å². The molecule has 2 rings (SSSR count). The smallest absolute Gasteiger partial charge is 0.318 e. The predicted molar refractivity (Wildman–Crippen MR) is 93.3 cm³/mol. The highest BCUT2D eigenvalue weighted by molar-refractivity contribution is 14.1. The summed E-state index contributed by atoms with van der Waals surface area (Å²) in [6.07, 6.45) is 6.13. The van der Waals surface area contributed by atoms with Gasteiger partial charge in [-0.05, 0) is 70.3 Å². The molecule has 2 radical (unpaired) electrons. The van der Waals surface area contributed by atoms with E-state index in [0.29, 0.717) is 0 Å². The van der Waals surface area contributed by atoms with E-state index >= 15 is 0 Å². The molecule has 1 nitrogen and oxygen atoms in total. The van der Waals surface area contributed by atoms with Crippen LogP contribution in [0.2, 0.25) is 0 Å². The topological polar surface area (TPSA) is 4.93 Å². The zero-order chi connectivity index (χ0) is 12.6. The van der Waals surface area contributed by atoms with Crippen LogP contribution in [0.15, 0.2) is 24.8 Å². The van der Waals surface area contributed by atoms with Gasteiger partial charge < -0.3 is 3.55 Å². The highest BCUT2D eigenvalue weighted by Crippen LogP contribution is 2.32. The highest BCUT2D eigenvalue weighted by Gasteiger charge is 2.13. The summed E-state index contributed by atoms with van der Waals surface area (Å²) >= 11 is 7.52. The fourth-order valence-corrected chi connectivity index (χ4v) is 4.50. The molecule has 1 aromatic carbocycles. The zero-order valence-electron chi connectivity index (χ0n) is 9.37. The number of hydrogen-bond donors (Lipinski definition) is 0. The molecule has 0 aliphatic carbocycles. The van der Waals surface area contributed by atoms with Crippen LogP contribution in [0.1, 0.15) is 18.2 Å². The molecule has 0 N–H and O–H groups in total. The van der Waals surface area contributed by atoms with Gasteiger partial charge in [0.25, 0.3) is 0 Å². The molecule has 0 aliphatic heterocycles. The van der Waals surface area contributed by atoms with Crippen LogP contribution >= 0.6 is 45.2 Å². The van der Waals surface area contributed by atoms with Crippen molar-refractivity contribution in [2.75, 3.05) is 0 Å². The molecule has 0 atom stereocenters. The van der Waals surface area contributed by atoms with Gasteiger partial charge in [0.05, 0.1) is 0 Å². The van der Waals surface area contributed by atoms with E-state index in [9.17, 15) is 0 Å². The lowest BCUT2D eigenvalue weighted by atomic mass is 10.1. The summed E-state index contributed by atoms with van der Waals surface area (Å²) in [6, 6.07) is 4.40. The van der Waals surface area contributed by atoms with Crippen molar-refractivity contribution in [2.24, 2.45) is 0 Å². The molecule has 0 fully saturated rings. The standard InChI is InChI=1S/C13H10I2N.Al/c1-3-5-9-11(4-2)16-12-7-8(14)6-10(15)13(9)12;/h3-7H,2H2,1H3;/q-1;+1/b5-3-;. The Morgan fingerprint density at radius 2 is 2.06 bits per heavy atom. The van der Waals surface area contributed by atoms with Gasteiger partial charge in [-0.25, -0.2) is 0 Å². The van der Waals surface area contributed by atoms with Gasteiger partial charge in [-0.15, -0.1) is 0 Å². The van der Waals surface area contributed by atoms with E-state index in [1.165, 1.54) is 23.6 Å². The first-order valence-corrected chi connectivity index (χ1v) is 7.81. The maximum Gasteiger partial charge on any atom is 0.318 e. The second-order valence-electron chi connectivity index (χ2n) is 3.65. The van der Waals surface area contributed by atoms with Crippen LogP contribution in [-0.4, -0.2) is 20.1 Å². The average molecular weight is 461 g/mol. The molecule has 0 aliphatic rings. The summed E-state index contributed by atoms with van der Waals surface area (Å²) in [4.78, 5) is 0. The third-order valence-electron chi connectivity index (χ3n) is 2.63. The van der Waals surface area contributed by atoms with E-state index in [4.69, 9.17) is 0 Å². The average Bonchev–Trinajstić information content (AvgIpc) is 2.53. The second-order valence-corrected chi connectivity index (χ2v) is 6.58. The van der Waals surface area contributed by atoms with Gasteiger partial charge in [0.2, 0.25) is 0 Å². The Kier molecular flexibility index (Phi) is 4.40. The van der Waals surface area contributed by atoms with Crippen molar-refractivity contribution in [3.05, 3.63) is 43.2 Å². The first-order chi connectivity index (χ1) is 8.10. The first kappa shape index (κ1) is 13.7. The lowest BCUT2D eigenvalue weighted by molar-refractivity contribution is 1.28. The molecular formula is C13H10AlI2N. The van der Waals surface area contributed by atoms with Crippen molar-refractivity contribution in [1.82, 2.24) is 3.55 Å². The van der Waals surface area contributed by atoms with Gasteiger partial charge in [0, 0.05) is 29.3 Å². The Morgan fingerprint density at radius 3 is 2.65 bits per heavy atom. The van der Waals surface area contributed by atoms with Gasteiger partial charge in [0.15, 0.2) is 0 Å². The number of rotatable bonds is 2. The predicted octanol–water partition coefficient (Wildman–Crippen LogP) is 4.46. The van der Waals surface area contributed by atoms with E-state index in [-0.39, 0.29) is 0 Å². The fraction of sp³-hybridized carbons (Fsp3) is 0.0769. The fourth-order valence-electron chi connectivity index (χ4n) is 1.95. The maximum absolute atomic E-state index is 3.91. The number of hydrogen-bond acceptors (Lipinski definition) is 0. The highest BCUT2D eigenvalue weighted by atomic mass is 127. The summed E-state index contributed by atoms with van der Waals surface area (Å²) in [5, 5.41) is 1.30. The molecule has 17 heavy (non-hydrogen) atoms. The summed E-state index contributed by atoms with van der Waals surface area (Å²) in [6.45, 7) is 5.95. The lowest BCUT2D eigenvalue weighted by Gasteiger charge is -2.02. The van der Waals surface area contributed by atoms with E-state index in [1.807, 2.05) is 13.0 Å². The Balaban J connectivity index is 3.00. The summed E-state index contributed by atoms with van der Waals surface area (Å²) in [7, 11) is 0. The van der Waals surface area contributed by atoms with E-state index in [0.717, 1.165) is 5.69 Å². The van der Waals surface area contributed by atoms with Crippen LogP contribution in [0, 0.1) is 7.14 Å². The largest absolute Gasteiger partial charge is 0.452 e. The summed E-state index contributed by atoms with van der Waals surface area (Å²) in [5.41, 5.74) is 3.62. The first-order valence-electron chi connectivity index (χ1n) is 5.13. The zero-order valence-corrected chi connectivity index (χ0v) is 14.8. The Hall–Kier alpha value is 0.232. The van der Waals surface area contributed by atoms with Crippen LogP contribution in [0.4, 0.5) is 0 Å². The molecule has 0 amide bonds. The van der Waals surface area contributed by atoms with Gasteiger partial charge in [-0.2, -0.15) is 0 Å². The molecule has 1 aromatic heterocycles. The minimum atomic E-state index is 1.14. The van der Waals surface area contributed by atoms with Crippen molar-refractivity contribution in [3.8, 4) is 0 Å². The molecule has 0 saturated carbocycles. The molecule has 0 unspecified atom stereocenters. The van der Waals surface area contributed by atoms with Crippen molar-refractivity contribution in [1.29, 1.82) is 0 Å². The quantitative estimate of drug-likeness (QED) is 0.460. The monoisotopic (exact) mass is 461 g/mol. The summed E-state index contributed by atoms with van der Waals surface area (Å²) in [5.74, 6) is 0. The van der Waals surface area contributed by atoms with Crippen LogP contribution in [0.5, 0.6) is 0 Å². The third kappa shape index (κ3) is 2.37. The molecule has 0 spiro atoms. The van der Waals surface area contributed by atoms with Gasteiger partial charge in [-0.3, -0.25) is 0 Å². The minimum absolute atomic E-state index is 1.14. The van der Waals surface area contributed by atoms with E-state index < -0.39 is 0 Å². The summed E-state index contributed by atoms with van der Waals surface area (Å²) < 4.78 is 4.66. The number of benzene rings is 1. The molecule has 4 heteroatoms. The van der Waals surface area contributed by atoms with Gasteiger partial charge in [0.1, 0.15) is 0 Å². The number of allylic oxidation sites excluding steroid dienone is 1. The Bertz CT molecular complexity index is 626. The van der Waals surface area contributed by atoms with Gasteiger partial charge >= 0.3 is 16.5 Å². The number of fused-ring (bicyclic) bond motifs is 1. The Labute approximate surface area is 137 Å². The van der Waals surface area contributed by atoms with Crippen molar-refractivity contribution < 1.29 is 0 Å². The van der Waals surface area contributed by atoms with Crippen molar-refractivity contribution in [3.63, 3.8) is 0 Å². The van der Waals surface area contributed by atoms with Crippen LogP contribution < -0.4 is 0 Å². The number of halogens is 2. The van der Waals surface area contributed by atoms with E-state index in [2.05, 4.69) is 96.1 Å². The Morgan fingerprint density at radius 1 is 1.35 bits per heavy atom. The van der Waals surface area contributed by atoms with Crippen molar-refractivity contribution >= 4 is 84.7 Å². The maximum atomic E-state index is 3.91. The van der Waals surface area contributed by atoms with Crippen LogP contribution in [-0.2, 0) is 0 Å².